The van der Waals surface area contributed by atoms with Crippen LogP contribution in [0, 0.1) is 0 Å². The molecule has 4 nitrogen and oxygen atoms in total. The Morgan fingerprint density at radius 2 is 1.03 bits per heavy atom. The summed E-state index contributed by atoms with van der Waals surface area (Å²) in [6.07, 6.45) is -7.84. The Bertz CT molecular complexity index is 1130. The van der Waals surface area contributed by atoms with Crippen LogP contribution in [-0.4, -0.2) is 63.5 Å². The summed E-state index contributed by atoms with van der Waals surface area (Å²) in [6, 6.07) is 4.73. The Labute approximate surface area is 190 Å². The molecule has 1 aromatic carbocycles. The van der Waals surface area contributed by atoms with E-state index in [-0.39, 0.29) is 11.0 Å². The van der Waals surface area contributed by atoms with Crippen molar-refractivity contribution in [2.24, 2.45) is 0 Å². The molecule has 0 spiro atoms. The number of aromatic nitrogens is 2. The zero-order valence-electron chi connectivity index (χ0n) is 16.6. The number of alkyl halides is 17. The number of rotatable bonds is 8. The number of halogens is 17. The van der Waals surface area contributed by atoms with E-state index in [1.54, 1.807) is 0 Å². The highest BCUT2D eigenvalue weighted by Crippen LogP contribution is 2.63. The summed E-state index contributed by atoms with van der Waals surface area (Å²) in [5.41, 5.74) is -0.325. The van der Waals surface area contributed by atoms with Crippen LogP contribution in [0.25, 0.3) is 11.0 Å². The topological polar surface area (TPSA) is 57.8 Å². The molecule has 1 amide bonds. The van der Waals surface area contributed by atoms with Gasteiger partial charge in [0.15, 0.2) is 0 Å². The molecule has 0 fully saturated rings. The fourth-order valence-electron chi connectivity index (χ4n) is 2.50. The highest BCUT2D eigenvalue weighted by Gasteiger charge is 2.95. The summed E-state index contributed by atoms with van der Waals surface area (Å²) in [5.74, 6) is -63.2. The van der Waals surface area contributed by atoms with Gasteiger partial charge in [-0.3, -0.25) is 10.1 Å². The normalized spacial score (nSPS) is 15.3. The first-order chi connectivity index (χ1) is 16.2. The average molecular weight is 579 g/mol. The third kappa shape index (κ3) is 3.99. The van der Waals surface area contributed by atoms with Crippen LogP contribution in [0.1, 0.15) is 0 Å². The number of carbonyl (C=O) groups excluding carboxylic acids is 1. The lowest BCUT2D eigenvalue weighted by atomic mass is 9.89. The highest BCUT2D eigenvalue weighted by atomic mass is 19.4. The molecule has 0 saturated heterocycles. The van der Waals surface area contributed by atoms with Gasteiger partial charge in [0, 0.05) is 0 Å². The molecule has 0 unspecified atom stereocenters. The van der Waals surface area contributed by atoms with E-state index in [0.717, 1.165) is 12.1 Å². The maximum Gasteiger partial charge on any atom is 0.460 e. The Balaban J connectivity index is 2.52. The van der Waals surface area contributed by atoms with Crippen molar-refractivity contribution in [1.29, 1.82) is 0 Å². The van der Waals surface area contributed by atoms with E-state index in [9.17, 15) is 79.4 Å². The van der Waals surface area contributed by atoms with Crippen LogP contribution < -0.4 is 5.32 Å². The van der Waals surface area contributed by atoms with Crippen molar-refractivity contribution in [3.63, 3.8) is 0 Å². The molecule has 2 N–H and O–H groups in total. The monoisotopic (exact) mass is 579 g/mol. The second kappa shape index (κ2) is 8.23. The molecule has 0 radical (unpaired) electrons. The van der Waals surface area contributed by atoms with Gasteiger partial charge >= 0.3 is 53.5 Å². The lowest BCUT2D eigenvalue weighted by Gasteiger charge is -2.42. The first kappa shape index (κ1) is 30.2. The summed E-state index contributed by atoms with van der Waals surface area (Å²) in [5, 5.41) is 0.696. The number of hydrogen-bond donors (Lipinski definition) is 2. The van der Waals surface area contributed by atoms with E-state index >= 15 is 0 Å². The van der Waals surface area contributed by atoms with Crippen LogP contribution in [-0.2, 0) is 4.79 Å². The molecular formula is C16H6F17N3O. The van der Waals surface area contributed by atoms with E-state index < -0.39 is 59.5 Å². The number of aromatic amines is 1. The van der Waals surface area contributed by atoms with Crippen LogP contribution in [0.15, 0.2) is 24.3 Å². The van der Waals surface area contributed by atoms with E-state index in [1.165, 1.54) is 12.1 Å². The van der Waals surface area contributed by atoms with Gasteiger partial charge in [-0.25, -0.2) is 4.98 Å². The fourth-order valence-corrected chi connectivity index (χ4v) is 2.50. The molecule has 2 aromatic rings. The lowest BCUT2D eigenvalue weighted by Crippen LogP contribution is -2.75. The summed E-state index contributed by atoms with van der Waals surface area (Å²) >= 11 is 0. The van der Waals surface area contributed by atoms with Crippen LogP contribution in [0.2, 0.25) is 0 Å². The van der Waals surface area contributed by atoms with Gasteiger partial charge in [0.05, 0.1) is 11.0 Å². The maximum absolute atomic E-state index is 13.9. The van der Waals surface area contributed by atoms with E-state index in [1.807, 2.05) is 4.98 Å². The smallest absolute Gasteiger partial charge is 0.324 e. The van der Waals surface area contributed by atoms with Crippen LogP contribution >= 0.6 is 0 Å². The molecule has 2 rings (SSSR count). The lowest BCUT2D eigenvalue weighted by molar-refractivity contribution is -0.459. The number of para-hydroxylation sites is 2. The number of nitrogens with one attached hydrogen (secondary N) is 2. The number of amides is 1. The van der Waals surface area contributed by atoms with Crippen molar-refractivity contribution < 1.29 is 79.4 Å². The van der Waals surface area contributed by atoms with Gasteiger partial charge in [-0.1, -0.05) is 12.1 Å². The van der Waals surface area contributed by atoms with Gasteiger partial charge in [-0.05, 0) is 12.1 Å². The molecule has 1 aromatic heterocycles. The predicted octanol–water partition coefficient (Wildman–Crippen LogP) is 6.51. The van der Waals surface area contributed by atoms with Gasteiger partial charge in [0.25, 0.3) is 0 Å². The number of imidazole rings is 1. The van der Waals surface area contributed by atoms with Crippen LogP contribution in [0.5, 0.6) is 0 Å². The molecule has 1 heterocycles. The minimum absolute atomic E-state index is 0.128. The summed E-state index contributed by atoms with van der Waals surface area (Å²) < 4.78 is 225. The van der Waals surface area contributed by atoms with Crippen molar-refractivity contribution in [2.45, 2.75) is 47.6 Å². The fraction of sp³-hybridized carbons (Fsp3) is 0.500. The van der Waals surface area contributed by atoms with Crippen LogP contribution in [0.3, 0.4) is 0 Å². The van der Waals surface area contributed by atoms with E-state index in [4.69, 9.17) is 0 Å². The zero-order valence-corrected chi connectivity index (χ0v) is 16.6. The second-order valence-corrected chi connectivity index (χ2v) is 7.08. The minimum atomic E-state index is -8.77. The molecule has 0 atom stereocenters. The van der Waals surface area contributed by atoms with Gasteiger partial charge in [0.1, 0.15) is 0 Å². The van der Waals surface area contributed by atoms with Crippen molar-refractivity contribution in [2.75, 3.05) is 5.32 Å². The van der Waals surface area contributed by atoms with Crippen molar-refractivity contribution >= 4 is 22.9 Å². The number of fused-ring (bicyclic) bond motifs is 1. The van der Waals surface area contributed by atoms with Gasteiger partial charge in [-0.15, -0.1) is 0 Å². The SMILES string of the molecule is O=C(Nc1nc2ccccc2[nH]1)C(F)(F)C(F)(F)C(F)(F)C(F)(F)C(F)(F)C(F)(F)C(F)(F)C(F)(F)F. The Kier molecular flexibility index (Phi) is 6.72. The molecule has 0 aliphatic heterocycles. The first-order valence-electron chi connectivity index (χ1n) is 8.69. The van der Waals surface area contributed by atoms with E-state index in [0.29, 0.717) is 5.32 Å². The first-order valence-corrected chi connectivity index (χ1v) is 8.69. The second-order valence-electron chi connectivity index (χ2n) is 7.08. The molecule has 37 heavy (non-hydrogen) atoms. The summed E-state index contributed by atoms with van der Waals surface area (Å²) in [7, 11) is 0. The number of H-pyrrole nitrogens is 1. The van der Waals surface area contributed by atoms with Crippen LogP contribution in [0.4, 0.5) is 80.6 Å². The molecule has 0 bridgehead atoms. The number of carbonyl (C=O) groups is 1. The van der Waals surface area contributed by atoms with Gasteiger partial charge in [0.2, 0.25) is 5.95 Å². The van der Waals surface area contributed by atoms with Gasteiger partial charge in [-0.2, -0.15) is 74.6 Å². The standard InChI is InChI=1S/C16H6F17N3O/c17-9(18,7(37)36-8-34-5-3-1-2-4-6(5)35-8)10(19,20)11(21,22)12(23,24)13(25,26)14(27,28)15(29,30)16(31,32)33/h1-4H,(H2,34,35,36,37). The largest absolute Gasteiger partial charge is 0.460 e. The Morgan fingerprint density at radius 3 is 1.46 bits per heavy atom. The third-order valence-corrected chi connectivity index (χ3v) is 4.63. The Morgan fingerprint density at radius 1 is 0.622 bits per heavy atom. The summed E-state index contributed by atoms with van der Waals surface area (Å²) in [4.78, 5) is 16.7. The average Bonchev–Trinajstić information content (AvgIpc) is 3.14. The molecule has 0 aliphatic carbocycles. The number of benzene rings is 1. The zero-order chi connectivity index (χ0) is 29.3. The summed E-state index contributed by atoms with van der Waals surface area (Å²) in [6.45, 7) is 0. The third-order valence-electron chi connectivity index (χ3n) is 4.63. The van der Waals surface area contributed by atoms with Gasteiger partial charge < -0.3 is 4.98 Å². The molecule has 210 valence electrons. The van der Waals surface area contributed by atoms with Crippen molar-refractivity contribution in [1.82, 2.24) is 9.97 Å². The quantitative estimate of drug-likeness (QED) is 0.351. The van der Waals surface area contributed by atoms with Crippen molar-refractivity contribution in [3.05, 3.63) is 24.3 Å². The van der Waals surface area contributed by atoms with Crippen molar-refractivity contribution in [3.8, 4) is 0 Å². The predicted molar refractivity (Wildman–Crippen MR) is 85.4 cm³/mol. The molecule has 0 aliphatic rings. The number of nitrogens with zero attached hydrogens (tertiary/aromatic N) is 1. The number of hydrogen-bond acceptors (Lipinski definition) is 2. The molecule has 21 heteroatoms. The highest BCUT2D eigenvalue weighted by molar-refractivity contribution is 5.97. The molecule has 0 saturated carbocycles. The minimum Gasteiger partial charge on any atom is -0.324 e. The number of anilines is 1. The Hall–Kier alpha value is -3.03. The molecular weight excluding hydrogens is 573 g/mol. The maximum atomic E-state index is 13.9. The van der Waals surface area contributed by atoms with E-state index in [2.05, 4.69) is 4.98 Å².